The van der Waals surface area contributed by atoms with E-state index in [-0.39, 0.29) is 23.5 Å². The Kier molecular flexibility index (Phi) is 7.50. The number of methoxy groups -OCH3 is 1. The zero-order chi connectivity index (χ0) is 24.8. The lowest BCUT2D eigenvalue weighted by Crippen LogP contribution is -2.36. The fourth-order valence-corrected chi connectivity index (χ4v) is 4.00. The number of amides is 2. The average Bonchev–Trinajstić information content (AvgIpc) is 3.42. The number of benzene rings is 2. The van der Waals surface area contributed by atoms with Crippen molar-refractivity contribution in [3.8, 4) is 11.5 Å². The van der Waals surface area contributed by atoms with Gasteiger partial charge < -0.3 is 19.2 Å². The van der Waals surface area contributed by atoms with Crippen molar-refractivity contribution in [2.24, 2.45) is 11.0 Å². The molecule has 4 rings (SSSR count). The highest BCUT2D eigenvalue weighted by Crippen LogP contribution is 2.32. The molecule has 0 fully saturated rings. The largest absolute Gasteiger partial charge is 0.493 e. The minimum Gasteiger partial charge on any atom is -0.493 e. The smallest absolute Gasteiger partial charge is 0.291 e. The zero-order valence-corrected chi connectivity index (χ0v) is 20.1. The highest BCUT2D eigenvalue weighted by Gasteiger charge is 2.29. The molecule has 1 aliphatic rings. The van der Waals surface area contributed by atoms with E-state index in [4.69, 9.17) is 19.0 Å². The third-order valence-corrected chi connectivity index (χ3v) is 5.87. The number of nitrogens with one attached hydrogen (secondary N) is 1. The predicted molar refractivity (Wildman–Crippen MR) is 133 cm³/mol. The molecule has 35 heavy (non-hydrogen) atoms. The van der Waals surface area contributed by atoms with Crippen molar-refractivity contribution in [1.82, 2.24) is 5.01 Å². The molecule has 1 unspecified atom stereocenters. The van der Waals surface area contributed by atoms with Crippen LogP contribution in [-0.4, -0.2) is 36.3 Å². The number of rotatable bonds is 9. The summed E-state index contributed by atoms with van der Waals surface area (Å²) in [6.07, 6.45) is 2.65. The van der Waals surface area contributed by atoms with Crippen LogP contribution in [0.2, 0.25) is 0 Å². The first-order valence-electron chi connectivity index (χ1n) is 11.7. The molecule has 0 spiro atoms. The van der Waals surface area contributed by atoms with Crippen LogP contribution in [0.25, 0.3) is 0 Å². The first-order valence-corrected chi connectivity index (χ1v) is 11.7. The van der Waals surface area contributed by atoms with Crippen molar-refractivity contribution < 1.29 is 23.5 Å². The van der Waals surface area contributed by atoms with Crippen molar-refractivity contribution in [2.75, 3.05) is 19.0 Å². The fraction of sp³-hybridized carbons (Fsp3) is 0.296. The molecule has 182 valence electrons. The second kappa shape index (κ2) is 10.9. The number of anilines is 1. The van der Waals surface area contributed by atoms with E-state index in [1.807, 2.05) is 37.3 Å². The average molecular weight is 476 g/mol. The van der Waals surface area contributed by atoms with Gasteiger partial charge in [-0.3, -0.25) is 9.59 Å². The molecule has 1 aromatic heterocycles. The van der Waals surface area contributed by atoms with Gasteiger partial charge in [0.2, 0.25) is 5.91 Å². The molecule has 2 aromatic carbocycles. The van der Waals surface area contributed by atoms with E-state index in [1.54, 1.807) is 31.4 Å². The highest BCUT2D eigenvalue weighted by molar-refractivity contribution is 6.06. The number of ether oxygens (including phenoxy) is 2. The maximum atomic E-state index is 12.9. The Labute approximate surface area is 204 Å². The third-order valence-electron chi connectivity index (χ3n) is 5.87. The van der Waals surface area contributed by atoms with Gasteiger partial charge in [0.25, 0.3) is 5.91 Å². The minimum absolute atomic E-state index is 0.0197. The van der Waals surface area contributed by atoms with Crippen LogP contribution < -0.4 is 14.8 Å². The quantitative estimate of drug-likeness (QED) is 0.465. The van der Waals surface area contributed by atoms with Gasteiger partial charge in [0.05, 0.1) is 32.2 Å². The molecular weight excluding hydrogens is 446 g/mol. The lowest BCUT2D eigenvalue weighted by Gasteiger charge is -2.29. The van der Waals surface area contributed by atoms with Crippen molar-refractivity contribution in [3.05, 3.63) is 77.7 Å². The first-order chi connectivity index (χ1) is 17.0. The van der Waals surface area contributed by atoms with Gasteiger partial charge in [0.15, 0.2) is 17.3 Å². The molecule has 1 N–H and O–H groups in total. The van der Waals surface area contributed by atoms with E-state index in [0.717, 1.165) is 23.3 Å². The summed E-state index contributed by atoms with van der Waals surface area (Å²) in [5.41, 5.74) is 3.30. The maximum absolute atomic E-state index is 12.9. The SMILES string of the molecule is CCOc1ccc(C2=NN(Cc3ccc(NC(=O)c4ccco4)cc3)C(=O)CC2CC)cc1OC. The standard InChI is InChI=1S/C27H29N3O5/c1-4-19-16-25(31)30(29-26(19)20-10-13-22(34-5-2)24(15-20)33-3)17-18-8-11-21(12-9-18)28-27(32)23-7-6-14-35-23/h6-15,19H,4-5,16-17H2,1-3H3,(H,28,32). The van der Waals surface area contributed by atoms with E-state index < -0.39 is 0 Å². The lowest BCUT2D eigenvalue weighted by atomic mass is 9.89. The fourth-order valence-electron chi connectivity index (χ4n) is 4.00. The molecule has 2 heterocycles. The van der Waals surface area contributed by atoms with Crippen LogP contribution in [0.1, 0.15) is 48.4 Å². The Bertz CT molecular complexity index is 1200. The highest BCUT2D eigenvalue weighted by atomic mass is 16.5. The number of furan rings is 1. The predicted octanol–water partition coefficient (Wildman–Crippen LogP) is 5.10. The maximum Gasteiger partial charge on any atom is 0.291 e. The molecule has 8 heteroatoms. The van der Waals surface area contributed by atoms with Crippen molar-refractivity contribution in [2.45, 2.75) is 33.2 Å². The number of carbonyl (C=O) groups excluding carboxylic acids is 2. The summed E-state index contributed by atoms with van der Waals surface area (Å²) >= 11 is 0. The van der Waals surface area contributed by atoms with Gasteiger partial charge in [-0.15, -0.1) is 0 Å². The molecule has 0 saturated carbocycles. The van der Waals surface area contributed by atoms with Crippen molar-refractivity contribution in [3.63, 3.8) is 0 Å². The summed E-state index contributed by atoms with van der Waals surface area (Å²) in [7, 11) is 1.61. The van der Waals surface area contributed by atoms with E-state index in [1.165, 1.54) is 11.3 Å². The number of hydrogen-bond acceptors (Lipinski definition) is 6. The molecule has 1 atom stereocenters. The Balaban J connectivity index is 1.52. The van der Waals surface area contributed by atoms with Gasteiger partial charge in [0, 0.05) is 23.6 Å². The van der Waals surface area contributed by atoms with Crippen LogP contribution in [0.5, 0.6) is 11.5 Å². The minimum atomic E-state index is -0.320. The molecular formula is C27H29N3O5. The summed E-state index contributed by atoms with van der Waals surface area (Å²) in [5.74, 6) is 1.24. The van der Waals surface area contributed by atoms with Crippen molar-refractivity contribution in [1.29, 1.82) is 0 Å². The van der Waals surface area contributed by atoms with Gasteiger partial charge in [-0.05, 0) is 61.4 Å². The molecule has 0 bridgehead atoms. The Morgan fingerprint density at radius 3 is 2.60 bits per heavy atom. The molecule has 8 nitrogen and oxygen atoms in total. The van der Waals surface area contributed by atoms with E-state index in [9.17, 15) is 9.59 Å². The molecule has 2 amide bonds. The summed E-state index contributed by atoms with van der Waals surface area (Å²) in [6.45, 7) is 4.86. The number of hydrazone groups is 1. The molecule has 3 aromatic rings. The van der Waals surface area contributed by atoms with Gasteiger partial charge in [-0.2, -0.15) is 5.10 Å². The molecule has 1 aliphatic heterocycles. The number of nitrogens with zero attached hydrogens (tertiary/aromatic N) is 2. The molecule has 0 aliphatic carbocycles. The van der Waals surface area contributed by atoms with Crippen LogP contribution in [-0.2, 0) is 11.3 Å². The Morgan fingerprint density at radius 2 is 1.94 bits per heavy atom. The van der Waals surface area contributed by atoms with Crippen LogP contribution in [0.4, 0.5) is 5.69 Å². The summed E-state index contributed by atoms with van der Waals surface area (Å²) < 4.78 is 16.3. The topological polar surface area (TPSA) is 93.4 Å². The van der Waals surface area contributed by atoms with E-state index >= 15 is 0 Å². The van der Waals surface area contributed by atoms with Gasteiger partial charge in [0.1, 0.15) is 0 Å². The monoisotopic (exact) mass is 475 g/mol. The van der Waals surface area contributed by atoms with Crippen molar-refractivity contribution >= 4 is 23.2 Å². The summed E-state index contributed by atoms with van der Waals surface area (Å²) in [6, 6.07) is 16.3. The van der Waals surface area contributed by atoms with E-state index in [0.29, 0.717) is 36.8 Å². The molecule has 0 saturated heterocycles. The van der Waals surface area contributed by atoms with Crippen LogP contribution in [0, 0.1) is 5.92 Å². The van der Waals surface area contributed by atoms with Crippen LogP contribution >= 0.6 is 0 Å². The van der Waals surface area contributed by atoms with Crippen LogP contribution in [0.3, 0.4) is 0 Å². The second-order valence-corrected chi connectivity index (χ2v) is 8.17. The third kappa shape index (κ3) is 5.54. The number of carbonyl (C=O) groups is 2. The van der Waals surface area contributed by atoms with Gasteiger partial charge in [-0.25, -0.2) is 5.01 Å². The second-order valence-electron chi connectivity index (χ2n) is 8.17. The lowest BCUT2D eigenvalue weighted by molar-refractivity contribution is -0.133. The number of hydrogen-bond donors (Lipinski definition) is 1. The Morgan fingerprint density at radius 1 is 1.14 bits per heavy atom. The normalized spacial score (nSPS) is 15.5. The Hall–Kier alpha value is -4.07. The summed E-state index contributed by atoms with van der Waals surface area (Å²) in [5, 5.41) is 9.06. The van der Waals surface area contributed by atoms with Crippen LogP contribution in [0.15, 0.2) is 70.4 Å². The van der Waals surface area contributed by atoms with E-state index in [2.05, 4.69) is 12.2 Å². The van der Waals surface area contributed by atoms with Gasteiger partial charge >= 0.3 is 0 Å². The zero-order valence-electron chi connectivity index (χ0n) is 20.1. The summed E-state index contributed by atoms with van der Waals surface area (Å²) in [4.78, 5) is 25.0. The van der Waals surface area contributed by atoms with Gasteiger partial charge in [-0.1, -0.05) is 19.1 Å². The molecule has 0 radical (unpaired) electrons. The first kappa shape index (κ1) is 24.1.